The van der Waals surface area contributed by atoms with E-state index >= 15 is 0 Å². The van der Waals surface area contributed by atoms with Gasteiger partial charge in [0, 0.05) is 6.20 Å². The van der Waals surface area contributed by atoms with E-state index in [1.165, 1.54) is 16.9 Å². The molecule has 96 valence electrons. The van der Waals surface area contributed by atoms with Crippen molar-refractivity contribution in [2.45, 2.75) is 25.4 Å². The number of hydrogen-bond donors (Lipinski definition) is 0. The van der Waals surface area contributed by atoms with Gasteiger partial charge in [-0.05, 0) is 41.1 Å². The topological polar surface area (TPSA) is 30.2 Å². The Bertz CT molecular complexity index is 601. The summed E-state index contributed by atoms with van der Waals surface area (Å²) in [5.74, 6) is 0.352. The molecule has 1 aliphatic carbocycles. The molecule has 0 aliphatic heterocycles. The lowest BCUT2D eigenvalue weighted by Crippen LogP contribution is -2.10. The van der Waals surface area contributed by atoms with Gasteiger partial charge in [0.2, 0.25) is 0 Å². The van der Waals surface area contributed by atoms with E-state index in [1.807, 2.05) is 0 Å². The van der Waals surface area contributed by atoms with E-state index in [0.29, 0.717) is 16.8 Å². The quantitative estimate of drug-likeness (QED) is 0.848. The lowest BCUT2D eigenvalue weighted by molar-refractivity contribution is -0.141. The molecule has 3 nitrogen and oxygen atoms in total. The van der Waals surface area contributed by atoms with E-state index in [9.17, 15) is 13.2 Å². The highest BCUT2D eigenvalue weighted by Crippen LogP contribution is 2.38. The van der Waals surface area contributed by atoms with Gasteiger partial charge in [-0.3, -0.25) is 4.40 Å². The van der Waals surface area contributed by atoms with Crippen LogP contribution in [0.4, 0.5) is 13.2 Å². The van der Waals surface area contributed by atoms with Gasteiger partial charge in [0.15, 0.2) is 11.3 Å². The fourth-order valence-electron chi connectivity index (χ4n) is 2.00. The van der Waals surface area contributed by atoms with Crippen LogP contribution in [0.25, 0.3) is 5.65 Å². The van der Waals surface area contributed by atoms with Gasteiger partial charge in [0.1, 0.15) is 6.33 Å². The predicted octanol–water partition coefficient (Wildman–Crippen LogP) is 3.46. The lowest BCUT2D eigenvalue weighted by Gasteiger charge is -2.06. The first-order valence-electron chi connectivity index (χ1n) is 5.54. The van der Waals surface area contributed by atoms with Crippen LogP contribution < -0.4 is 0 Å². The van der Waals surface area contributed by atoms with Crippen molar-refractivity contribution in [3.63, 3.8) is 0 Å². The van der Waals surface area contributed by atoms with Gasteiger partial charge >= 0.3 is 6.18 Å². The predicted molar refractivity (Wildman–Crippen MR) is 62.1 cm³/mol. The van der Waals surface area contributed by atoms with Gasteiger partial charge in [-0.2, -0.15) is 13.2 Å². The Labute approximate surface area is 109 Å². The highest BCUT2D eigenvalue weighted by molar-refractivity contribution is 9.10. The first-order chi connectivity index (χ1) is 8.47. The third-order valence-electron chi connectivity index (χ3n) is 3.04. The molecule has 2 aromatic heterocycles. The van der Waals surface area contributed by atoms with Crippen molar-refractivity contribution >= 4 is 21.6 Å². The molecule has 0 atom stereocenters. The Kier molecular flexibility index (Phi) is 2.62. The van der Waals surface area contributed by atoms with E-state index in [2.05, 4.69) is 25.9 Å². The second kappa shape index (κ2) is 3.94. The molecule has 0 N–H and O–H groups in total. The SMILES string of the molecule is FC(F)(F)c1nc2c(Br)cncn2c1CC1CC1. The van der Waals surface area contributed by atoms with Crippen LogP contribution >= 0.6 is 15.9 Å². The van der Waals surface area contributed by atoms with Crippen LogP contribution in [0, 0.1) is 5.92 Å². The van der Waals surface area contributed by atoms with Crippen LogP contribution in [0.1, 0.15) is 24.2 Å². The molecule has 0 spiro atoms. The van der Waals surface area contributed by atoms with Crippen LogP contribution in [-0.2, 0) is 12.6 Å². The van der Waals surface area contributed by atoms with Gasteiger partial charge in [-0.25, -0.2) is 9.97 Å². The molecule has 0 radical (unpaired) electrons. The summed E-state index contributed by atoms with van der Waals surface area (Å²) in [5, 5.41) is 0. The maximum absolute atomic E-state index is 13.0. The molecule has 0 saturated heterocycles. The molecule has 0 unspecified atom stereocenters. The minimum Gasteiger partial charge on any atom is -0.286 e. The van der Waals surface area contributed by atoms with Crippen molar-refractivity contribution in [1.29, 1.82) is 0 Å². The molecule has 0 amide bonds. The largest absolute Gasteiger partial charge is 0.435 e. The number of imidazole rings is 1. The van der Waals surface area contributed by atoms with Crippen LogP contribution in [0.15, 0.2) is 17.0 Å². The average molecular weight is 320 g/mol. The smallest absolute Gasteiger partial charge is 0.286 e. The summed E-state index contributed by atoms with van der Waals surface area (Å²) in [4.78, 5) is 7.62. The molecular weight excluding hydrogens is 311 g/mol. The maximum Gasteiger partial charge on any atom is 0.435 e. The fourth-order valence-corrected chi connectivity index (χ4v) is 2.40. The zero-order valence-corrected chi connectivity index (χ0v) is 10.8. The van der Waals surface area contributed by atoms with Gasteiger partial charge in [0.05, 0.1) is 10.2 Å². The second-order valence-electron chi connectivity index (χ2n) is 4.49. The summed E-state index contributed by atoms with van der Waals surface area (Å²) in [5.41, 5.74) is -0.301. The van der Waals surface area contributed by atoms with E-state index in [1.54, 1.807) is 0 Å². The van der Waals surface area contributed by atoms with Gasteiger partial charge in [-0.15, -0.1) is 0 Å². The Balaban J connectivity index is 2.22. The molecule has 18 heavy (non-hydrogen) atoms. The van der Waals surface area contributed by atoms with Gasteiger partial charge < -0.3 is 0 Å². The fraction of sp³-hybridized carbons (Fsp3) is 0.455. The van der Waals surface area contributed by atoms with Crippen molar-refractivity contribution in [3.8, 4) is 0 Å². The molecule has 3 rings (SSSR count). The van der Waals surface area contributed by atoms with Crippen molar-refractivity contribution < 1.29 is 13.2 Å². The van der Waals surface area contributed by atoms with Gasteiger partial charge in [-0.1, -0.05) is 0 Å². The van der Waals surface area contributed by atoms with Crippen molar-refractivity contribution in [2.75, 3.05) is 0 Å². The summed E-state index contributed by atoms with van der Waals surface area (Å²) in [6.07, 6.45) is 0.811. The van der Waals surface area contributed by atoms with Crippen LogP contribution in [0.3, 0.4) is 0 Å². The number of fused-ring (bicyclic) bond motifs is 1. The third-order valence-corrected chi connectivity index (χ3v) is 3.60. The standard InChI is InChI=1S/C11H9BrF3N3/c12-7-4-16-5-18-8(3-6-1-2-6)9(11(13,14)15)17-10(7)18/h4-6H,1-3H2. The minimum absolute atomic E-state index is 0.216. The molecule has 1 saturated carbocycles. The maximum atomic E-state index is 13.0. The molecule has 7 heteroatoms. The minimum atomic E-state index is -4.42. The summed E-state index contributed by atoms with van der Waals surface area (Å²) >= 11 is 3.18. The summed E-state index contributed by atoms with van der Waals surface area (Å²) in [6.45, 7) is 0. The Hall–Kier alpha value is -1.11. The third kappa shape index (κ3) is 2.00. The number of nitrogens with zero attached hydrogens (tertiary/aromatic N) is 3. The zero-order valence-electron chi connectivity index (χ0n) is 9.21. The number of alkyl halides is 3. The van der Waals surface area contributed by atoms with E-state index in [-0.39, 0.29) is 11.3 Å². The van der Waals surface area contributed by atoms with Crippen LogP contribution in [-0.4, -0.2) is 14.4 Å². The Morgan fingerprint density at radius 3 is 2.72 bits per heavy atom. The monoisotopic (exact) mass is 319 g/mol. The molecule has 0 aromatic carbocycles. The van der Waals surface area contributed by atoms with Crippen molar-refractivity contribution in [1.82, 2.24) is 14.4 Å². The summed E-state index contributed by atoms with van der Waals surface area (Å²) in [6, 6.07) is 0. The first-order valence-corrected chi connectivity index (χ1v) is 6.33. The molecule has 2 aromatic rings. The number of hydrogen-bond acceptors (Lipinski definition) is 2. The van der Waals surface area contributed by atoms with Crippen LogP contribution in [0.2, 0.25) is 0 Å². The zero-order chi connectivity index (χ0) is 12.9. The Morgan fingerprint density at radius 2 is 2.11 bits per heavy atom. The number of aromatic nitrogens is 3. The van der Waals surface area contributed by atoms with Crippen molar-refractivity contribution in [3.05, 3.63) is 28.4 Å². The molecule has 2 heterocycles. The van der Waals surface area contributed by atoms with E-state index < -0.39 is 11.9 Å². The normalized spacial score (nSPS) is 16.4. The highest BCUT2D eigenvalue weighted by atomic mass is 79.9. The highest BCUT2D eigenvalue weighted by Gasteiger charge is 2.39. The number of halogens is 4. The second-order valence-corrected chi connectivity index (χ2v) is 5.34. The van der Waals surface area contributed by atoms with Crippen molar-refractivity contribution in [2.24, 2.45) is 5.92 Å². The molecular formula is C11H9BrF3N3. The van der Waals surface area contributed by atoms with E-state index in [4.69, 9.17) is 0 Å². The molecule has 1 fully saturated rings. The molecule has 1 aliphatic rings. The summed E-state index contributed by atoms with van der Waals surface area (Å²) < 4.78 is 40.8. The van der Waals surface area contributed by atoms with E-state index in [0.717, 1.165) is 12.8 Å². The first kappa shape index (κ1) is 12.0. The van der Waals surface area contributed by atoms with Gasteiger partial charge in [0.25, 0.3) is 0 Å². The Morgan fingerprint density at radius 1 is 1.39 bits per heavy atom. The molecule has 0 bridgehead atoms. The summed E-state index contributed by atoms with van der Waals surface area (Å²) in [7, 11) is 0. The number of rotatable bonds is 2. The lowest BCUT2D eigenvalue weighted by atomic mass is 10.2. The average Bonchev–Trinajstić information content (AvgIpc) is 2.99. The van der Waals surface area contributed by atoms with Crippen LogP contribution in [0.5, 0.6) is 0 Å².